The fourth-order valence-electron chi connectivity index (χ4n) is 4.12. The van der Waals surface area contributed by atoms with E-state index in [1.165, 1.54) is 38.5 Å². The Labute approximate surface area is 171 Å². The van der Waals surface area contributed by atoms with Crippen molar-refractivity contribution in [2.75, 3.05) is 0 Å². The Morgan fingerprint density at radius 3 is 2.40 bits per heavy atom. The van der Waals surface area contributed by atoms with Gasteiger partial charge in [-0.05, 0) is 57.3 Å². The summed E-state index contributed by atoms with van der Waals surface area (Å²) in [5, 5.41) is 1.73. The summed E-state index contributed by atoms with van der Waals surface area (Å²) < 4.78 is 2.20. The van der Waals surface area contributed by atoms with E-state index in [2.05, 4.69) is 15.7 Å². The summed E-state index contributed by atoms with van der Waals surface area (Å²) in [6.07, 6.45) is 16.7. The van der Waals surface area contributed by atoms with Crippen LogP contribution in [0.3, 0.4) is 0 Å². The Morgan fingerprint density at radius 1 is 1.04 bits per heavy atom. The molecule has 3 atom stereocenters. The van der Waals surface area contributed by atoms with Gasteiger partial charge in [-0.25, -0.2) is 4.98 Å². The number of nitrogens with zero attached hydrogens (tertiary/aromatic N) is 2. The highest BCUT2D eigenvalue weighted by Crippen LogP contribution is 2.40. The van der Waals surface area contributed by atoms with E-state index < -0.39 is 0 Å². The largest absolute Gasteiger partial charge is 0.336 e. The van der Waals surface area contributed by atoms with Gasteiger partial charge in [0, 0.05) is 45.6 Å². The van der Waals surface area contributed by atoms with Crippen LogP contribution in [0.5, 0.6) is 0 Å². The lowest BCUT2D eigenvalue weighted by molar-refractivity contribution is 0.332. The predicted octanol–water partition coefficient (Wildman–Crippen LogP) is 6.33. The maximum atomic E-state index is 6.63. The zero-order valence-corrected chi connectivity index (χ0v) is 17.8. The van der Waals surface area contributed by atoms with Gasteiger partial charge in [0.05, 0.1) is 6.33 Å². The molecule has 0 radical (unpaired) electrons. The summed E-state index contributed by atoms with van der Waals surface area (Å²) in [4.78, 5) is 4.20. The molecule has 0 N–H and O–H groups in total. The topological polar surface area (TPSA) is 17.8 Å². The SMILES string of the molecule is ClC1CCC(CCC(Cn2ccnc2)SC2C(Cl)CCCC2Cl)CC1. The summed E-state index contributed by atoms with van der Waals surface area (Å²) >= 11 is 21.5. The molecule has 0 bridgehead atoms. The van der Waals surface area contributed by atoms with E-state index >= 15 is 0 Å². The van der Waals surface area contributed by atoms with Gasteiger partial charge in [-0.2, -0.15) is 11.8 Å². The molecule has 25 heavy (non-hydrogen) atoms. The smallest absolute Gasteiger partial charge is 0.0946 e. The van der Waals surface area contributed by atoms with Crippen molar-refractivity contribution in [3.05, 3.63) is 18.7 Å². The van der Waals surface area contributed by atoms with E-state index in [1.807, 2.05) is 24.3 Å². The minimum Gasteiger partial charge on any atom is -0.336 e. The Kier molecular flexibility index (Phi) is 8.15. The van der Waals surface area contributed by atoms with Crippen LogP contribution in [0.25, 0.3) is 0 Å². The second-order valence-corrected chi connectivity index (χ2v) is 10.9. The van der Waals surface area contributed by atoms with Gasteiger partial charge in [-0.1, -0.05) is 6.42 Å². The lowest BCUT2D eigenvalue weighted by atomic mass is 9.85. The second kappa shape index (κ2) is 10.1. The maximum Gasteiger partial charge on any atom is 0.0946 e. The molecule has 0 amide bonds. The van der Waals surface area contributed by atoms with Crippen molar-refractivity contribution >= 4 is 46.6 Å². The number of thioether (sulfide) groups is 1. The van der Waals surface area contributed by atoms with Crippen LogP contribution >= 0.6 is 46.6 Å². The van der Waals surface area contributed by atoms with Gasteiger partial charge in [-0.3, -0.25) is 0 Å². The maximum absolute atomic E-state index is 6.63. The molecule has 1 aromatic rings. The van der Waals surface area contributed by atoms with E-state index in [9.17, 15) is 0 Å². The van der Waals surface area contributed by atoms with Crippen LogP contribution in [0.4, 0.5) is 0 Å². The number of rotatable bonds is 7. The number of hydrogen-bond acceptors (Lipinski definition) is 2. The van der Waals surface area contributed by atoms with Crippen molar-refractivity contribution < 1.29 is 0 Å². The highest BCUT2D eigenvalue weighted by Gasteiger charge is 2.33. The molecule has 2 fully saturated rings. The molecule has 142 valence electrons. The third-order valence-electron chi connectivity index (χ3n) is 5.67. The fraction of sp³-hybridized carbons (Fsp3) is 0.842. The molecular formula is C19H29Cl3N2S. The third kappa shape index (κ3) is 6.23. The van der Waals surface area contributed by atoms with Crippen LogP contribution in [0, 0.1) is 5.92 Å². The van der Waals surface area contributed by atoms with Gasteiger partial charge in [0.1, 0.15) is 0 Å². The molecule has 0 aliphatic heterocycles. The van der Waals surface area contributed by atoms with E-state index in [0.717, 1.165) is 31.7 Å². The zero-order valence-electron chi connectivity index (χ0n) is 14.7. The Hall–Kier alpha value is 0.430. The van der Waals surface area contributed by atoms with Gasteiger partial charge in [0.2, 0.25) is 0 Å². The molecule has 2 nitrogen and oxygen atoms in total. The number of hydrogen-bond donors (Lipinski definition) is 0. The molecule has 3 rings (SSSR count). The van der Waals surface area contributed by atoms with Crippen molar-refractivity contribution in [1.29, 1.82) is 0 Å². The van der Waals surface area contributed by atoms with E-state index in [1.54, 1.807) is 0 Å². The van der Waals surface area contributed by atoms with E-state index in [0.29, 0.717) is 15.9 Å². The Balaban J connectivity index is 1.56. The molecule has 6 heteroatoms. The van der Waals surface area contributed by atoms with E-state index in [4.69, 9.17) is 34.8 Å². The predicted molar refractivity (Wildman–Crippen MR) is 111 cm³/mol. The molecule has 0 aromatic carbocycles. The monoisotopic (exact) mass is 422 g/mol. The number of imidazole rings is 1. The van der Waals surface area contributed by atoms with Crippen LogP contribution in [-0.4, -0.2) is 36.2 Å². The second-order valence-electron chi connectivity index (χ2n) is 7.64. The van der Waals surface area contributed by atoms with Crippen LogP contribution in [0.2, 0.25) is 0 Å². The van der Waals surface area contributed by atoms with Gasteiger partial charge in [0.15, 0.2) is 0 Å². The summed E-state index contributed by atoms with van der Waals surface area (Å²) in [6.45, 7) is 0.999. The van der Waals surface area contributed by atoms with Crippen molar-refractivity contribution in [1.82, 2.24) is 9.55 Å². The normalized spacial score (nSPS) is 34.8. The Morgan fingerprint density at radius 2 is 1.76 bits per heavy atom. The molecule has 2 saturated carbocycles. The van der Waals surface area contributed by atoms with Crippen molar-refractivity contribution in [2.45, 2.75) is 91.0 Å². The van der Waals surface area contributed by atoms with Crippen molar-refractivity contribution in [3.63, 3.8) is 0 Å². The zero-order chi connectivity index (χ0) is 17.6. The van der Waals surface area contributed by atoms with Gasteiger partial charge in [0.25, 0.3) is 0 Å². The van der Waals surface area contributed by atoms with Crippen LogP contribution < -0.4 is 0 Å². The summed E-state index contributed by atoms with van der Waals surface area (Å²) in [6, 6.07) is 0. The summed E-state index contributed by atoms with van der Waals surface area (Å²) in [7, 11) is 0. The molecule has 0 saturated heterocycles. The van der Waals surface area contributed by atoms with Gasteiger partial charge in [-0.15, -0.1) is 34.8 Å². The third-order valence-corrected chi connectivity index (χ3v) is 9.12. The first kappa shape index (κ1) is 20.2. The van der Waals surface area contributed by atoms with Gasteiger partial charge < -0.3 is 4.57 Å². The molecule has 2 aliphatic carbocycles. The minimum atomic E-state index is 0.207. The molecular weight excluding hydrogens is 395 g/mol. The summed E-state index contributed by atoms with van der Waals surface area (Å²) in [5.41, 5.74) is 0. The van der Waals surface area contributed by atoms with Crippen LogP contribution in [0.1, 0.15) is 57.8 Å². The number of alkyl halides is 3. The lowest BCUT2D eigenvalue weighted by Gasteiger charge is -2.34. The highest BCUT2D eigenvalue weighted by molar-refractivity contribution is 8.00. The molecule has 0 spiro atoms. The fourth-order valence-corrected chi connectivity index (χ4v) is 7.05. The first-order valence-corrected chi connectivity index (χ1v) is 11.9. The van der Waals surface area contributed by atoms with E-state index in [-0.39, 0.29) is 10.8 Å². The van der Waals surface area contributed by atoms with Crippen LogP contribution in [0.15, 0.2) is 18.7 Å². The molecule has 1 heterocycles. The van der Waals surface area contributed by atoms with Gasteiger partial charge >= 0.3 is 0 Å². The Bertz CT molecular complexity index is 481. The average Bonchev–Trinajstić information content (AvgIpc) is 3.10. The van der Waals surface area contributed by atoms with Crippen molar-refractivity contribution in [3.8, 4) is 0 Å². The standard InChI is InChI=1S/C19H29Cl3N2S/c20-15-7-4-14(5-8-15)6-9-16(12-24-11-10-23-13-24)25-19-17(21)2-1-3-18(19)22/h10-11,13-19H,1-9,12H2. The van der Waals surface area contributed by atoms with Crippen LogP contribution in [-0.2, 0) is 6.54 Å². The molecule has 3 unspecified atom stereocenters. The van der Waals surface area contributed by atoms with Crippen molar-refractivity contribution in [2.24, 2.45) is 5.92 Å². The quantitative estimate of drug-likeness (QED) is 0.477. The molecule has 2 aliphatic rings. The summed E-state index contributed by atoms with van der Waals surface area (Å²) in [5.74, 6) is 0.839. The number of aromatic nitrogens is 2. The highest BCUT2D eigenvalue weighted by atomic mass is 35.5. The average molecular weight is 424 g/mol. The number of halogens is 3. The first-order chi connectivity index (χ1) is 12.1. The minimum absolute atomic E-state index is 0.207. The first-order valence-electron chi connectivity index (χ1n) is 9.65. The lowest BCUT2D eigenvalue weighted by Crippen LogP contribution is -2.35. The molecule has 1 aromatic heterocycles.